The predicted molar refractivity (Wildman–Crippen MR) is 240 cm³/mol. The number of hydrogen-bond donors (Lipinski definition) is 2. The van der Waals surface area contributed by atoms with Gasteiger partial charge in [-0.25, -0.2) is 14.2 Å². The van der Waals surface area contributed by atoms with Crippen LogP contribution in [0.25, 0.3) is 34.4 Å². The number of hydrogen-bond acceptors (Lipinski definition) is 5. The summed E-state index contributed by atoms with van der Waals surface area (Å²) in [5.41, 5.74) is 6.09. The summed E-state index contributed by atoms with van der Waals surface area (Å²) in [7, 11) is -2.88. The molecule has 0 aliphatic carbocycles. The Labute approximate surface area is 348 Å². The predicted octanol–water partition coefficient (Wildman–Crippen LogP) is 10.5. The minimum Gasteiger partial charge on any atom is -0.457 e. The molecule has 3 heterocycles. The molecular formula is C50H53FN4O3Si. The van der Waals surface area contributed by atoms with E-state index in [1.807, 2.05) is 73.3 Å². The fraction of sp³-hybridized carbons (Fsp3) is 0.240. The minimum absolute atomic E-state index is 0.0684. The lowest BCUT2D eigenvalue weighted by atomic mass is 9.94. The number of pyridine rings is 1. The van der Waals surface area contributed by atoms with Crippen molar-refractivity contribution in [2.75, 3.05) is 6.61 Å². The number of halogens is 1. The molecule has 2 aromatic heterocycles. The number of rotatable bonds is 14. The van der Waals surface area contributed by atoms with Gasteiger partial charge in [0.25, 0.3) is 8.32 Å². The highest BCUT2D eigenvalue weighted by atomic mass is 28.4. The van der Waals surface area contributed by atoms with E-state index in [4.69, 9.17) is 13.8 Å². The van der Waals surface area contributed by atoms with Crippen molar-refractivity contribution in [3.63, 3.8) is 0 Å². The molecule has 302 valence electrons. The van der Waals surface area contributed by atoms with Crippen molar-refractivity contribution in [2.24, 2.45) is 0 Å². The summed E-state index contributed by atoms with van der Waals surface area (Å²) in [5.74, 6) is 1.09. The van der Waals surface area contributed by atoms with Crippen LogP contribution in [0.2, 0.25) is 5.04 Å². The molecule has 6 aromatic rings. The molecule has 0 fully saturated rings. The second kappa shape index (κ2) is 17.4. The van der Waals surface area contributed by atoms with Crippen molar-refractivity contribution in [2.45, 2.75) is 71.3 Å². The van der Waals surface area contributed by atoms with Gasteiger partial charge in [0.1, 0.15) is 17.3 Å². The average molecular weight is 805 g/mol. The van der Waals surface area contributed by atoms with Crippen molar-refractivity contribution in [3.8, 4) is 22.6 Å². The molecule has 7 nitrogen and oxygen atoms in total. The van der Waals surface area contributed by atoms with Crippen molar-refractivity contribution >= 4 is 36.5 Å². The lowest BCUT2D eigenvalue weighted by Crippen LogP contribution is -2.66. The normalized spacial score (nSPS) is 13.9. The third kappa shape index (κ3) is 8.58. The van der Waals surface area contributed by atoms with Gasteiger partial charge in [-0.05, 0) is 77.7 Å². The first-order valence-corrected chi connectivity index (χ1v) is 22.2. The van der Waals surface area contributed by atoms with Crippen LogP contribution in [0, 0.1) is 5.82 Å². The van der Waals surface area contributed by atoms with Crippen molar-refractivity contribution in [3.05, 3.63) is 175 Å². The lowest BCUT2D eigenvalue weighted by Gasteiger charge is -2.43. The lowest BCUT2D eigenvalue weighted by molar-refractivity contribution is 0.163. The first kappa shape index (κ1) is 41.1. The van der Waals surface area contributed by atoms with Gasteiger partial charge in [-0.1, -0.05) is 131 Å². The summed E-state index contributed by atoms with van der Waals surface area (Å²) in [6, 6.07) is 41.3. The van der Waals surface area contributed by atoms with E-state index in [1.165, 1.54) is 16.4 Å². The highest BCUT2D eigenvalue weighted by Gasteiger charge is 2.50. The summed E-state index contributed by atoms with van der Waals surface area (Å²) in [6.07, 6.45) is 2.21. The van der Waals surface area contributed by atoms with E-state index in [9.17, 15) is 9.18 Å². The van der Waals surface area contributed by atoms with E-state index in [-0.39, 0.29) is 35.5 Å². The van der Waals surface area contributed by atoms with Crippen molar-refractivity contribution in [1.82, 2.24) is 20.5 Å². The minimum atomic E-state index is -2.88. The highest BCUT2D eigenvalue weighted by Crippen LogP contribution is 2.44. The number of furan rings is 1. The summed E-state index contributed by atoms with van der Waals surface area (Å²) in [5, 5.41) is 8.65. The van der Waals surface area contributed by atoms with Crippen LogP contribution in [-0.2, 0) is 17.5 Å². The number of aromatic nitrogens is 1. The Hall–Kier alpha value is -6.03. The van der Waals surface area contributed by atoms with Gasteiger partial charge in [-0.3, -0.25) is 0 Å². The van der Waals surface area contributed by atoms with Crippen molar-refractivity contribution < 1.29 is 18.0 Å². The average Bonchev–Trinajstić information content (AvgIpc) is 3.87. The molecule has 1 aliphatic rings. The van der Waals surface area contributed by atoms with Crippen LogP contribution >= 0.6 is 0 Å². The van der Waals surface area contributed by atoms with Gasteiger partial charge in [0.15, 0.2) is 0 Å². The zero-order chi connectivity index (χ0) is 41.7. The van der Waals surface area contributed by atoms with Crippen LogP contribution in [0.3, 0.4) is 0 Å². The maximum absolute atomic E-state index is 14.6. The molecule has 1 atom stereocenters. The molecular weight excluding hydrogens is 752 g/mol. The van der Waals surface area contributed by atoms with Crippen LogP contribution in [-0.4, -0.2) is 36.9 Å². The number of carbonyl (C=O) groups excluding carboxylic acids is 1. The van der Waals surface area contributed by atoms with Crippen LogP contribution in [0.1, 0.15) is 75.2 Å². The van der Waals surface area contributed by atoms with E-state index in [1.54, 1.807) is 18.2 Å². The van der Waals surface area contributed by atoms with Gasteiger partial charge in [0, 0.05) is 48.0 Å². The summed E-state index contributed by atoms with van der Waals surface area (Å²) >= 11 is 0. The highest BCUT2D eigenvalue weighted by molar-refractivity contribution is 6.99. The standard InChI is InChI=1S/C50H53FN4O3Si/c1-8-40-26-27-46(58-40)36-19-17-20-37(30-36)48-47-39(31-44(54-48)35(4)52-32-38-18-15-16-25-43(38)51)33-55(49(56)53-34(2)3)45(47)28-29-57-59(50(5,6)7,41-21-11-9-12-22-41)42-23-13-10-14-24-42/h8-27,30-31,34,45,52H,1,4,28-29,32-33H2,2-3,5-7H3,(H,53,56)/t45-/m1/s1. The molecule has 2 amide bonds. The maximum atomic E-state index is 14.6. The Morgan fingerprint density at radius 1 is 0.932 bits per heavy atom. The van der Waals surface area contributed by atoms with Crippen LogP contribution < -0.4 is 21.0 Å². The van der Waals surface area contributed by atoms with Crippen LogP contribution in [0.4, 0.5) is 9.18 Å². The Morgan fingerprint density at radius 2 is 1.59 bits per heavy atom. The quantitative estimate of drug-likeness (QED) is 0.107. The molecule has 0 spiro atoms. The Balaban J connectivity index is 1.32. The number of benzene rings is 4. The second-order valence-corrected chi connectivity index (χ2v) is 20.7. The molecule has 0 bridgehead atoms. The first-order chi connectivity index (χ1) is 28.4. The molecule has 0 saturated heterocycles. The third-order valence-electron chi connectivity index (χ3n) is 11.0. The summed E-state index contributed by atoms with van der Waals surface area (Å²) in [4.78, 5) is 21.4. The molecule has 2 N–H and O–H groups in total. The van der Waals surface area contributed by atoms with Gasteiger partial charge < -0.3 is 24.4 Å². The Bertz CT molecular complexity index is 2400. The molecule has 0 radical (unpaired) electrons. The molecule has 4 aromatic carbocycles. The number of carbonyl (C=O) groups is 1. The smallest absolute Gasteiger partial charge is 0.318 e. The van der Waals surface area contributed by atoms with Crippen molar-refractivity contribution in [1.29, 1.82) is 0 Å². The largest absolute Gasteiger partial charge is 0.457 e. The number of amides is 2. The zero-order valence-corrected chi connectivity index (χ0v) is 35.6. The zero-order valence-electron chi connectivity index (χ0n) is 34.6. The number of nitrogens with zero attached hydrogens (tertiary/aromatic N) is 2. The molecule has 0 saturated carbocycles. The molecule has 7 rings (SSSR count). The van der Waals surface area contributed by atoms with E-state index in [0.717, 1.165) is 27.9 Å². The van der Waals surface area contributed by atoms with Gasteiger partial charge in [0.05, 0.1) is 23.1 Å². The molecule has 59 heavy (non-hydrogen) atoms. The van der Waals surface area contributed by atoms with E-state index in [0.29, 0.717) is 48.0 Å². The summed E-state index contributed by atoms with van der Waals surface area (Å²) in [6.45, 7) is 20.0. The molecule has 9 heteroatoms. The van der Waals surface area contributed by atoms with Gasteiger partial charge in [-0.2, -0.15) is 0 Å². The fourth-order valence-electron chi connectivity index (χ4n) is 8.23. The third-order valence-corrected chi connectivity index (χ3v) is 16.0. The Kier molecular flexibility index (Phi) is 12.2. The van der Waals surface area contributed by atoms with E-state index >= 15 is 0 Å². The second-order valence-electron chi connectivity index (χ2n) is 16.4. The molecule has 1 aliphatic heterocycles. The van der Waals surface area contributed by atoms with Gasteiger partial charge in [0.2, 0.25) is 0 Å². The number of fused-ring (bicyclic) bond motifs is 1. The maximum Gasteiger partial charge on any atom is 0.318 e. The SMILES string of the molecule is C=Cc1ccc(-c2cccc(-c3nc(C(=C)NCc4ccccc4F)cc4c3[C@@H](CCO[Si](c3ccccc3)(c3ccccc3)C(C)(C)C)N(C(=O)NC(C)C)C4)c2)o1. The first-order valence-electron chi connectivity index (χ1n) is 20.2. The number of urea groups is 1. The fourth-order valence-corrected chi connectivity index (χ4v) is 12.8. The van der Waals surface area contributed by atoms with Crippen LogP contribution in [0.5, 0.6) is 0 Å². The molecule has 0 unspecified atom stereocenters. The number of nitrogens with one attached hydrogen (secondary N) is 2. The van der Waals surface area contributed by atoms with Gasteiger partial charge >= 0.3 is 6.03 Å². The summed E-state index contributed by atoms with van der Waals surface area (Å²) < 4.78 is 28.1. The van der Waals surface area contributed by atoms with E-state index in [2.05, 4.69) is 99.2 Å². The Morgan fingerprint density at radius 3 is 2.22 bits per heavy atom. The van der Waals surface area contributed by atoms with Gasteiger partial charge in [-0.15, -0.1) is 0 Å². The van der Waals surface area contributed by atoms with E-state index < -0.39 is 8.32 Å². The monoisotopic (exact) mass is 804 g/mol. The van der Waals surface area contributed by atoms with Crippen LogP contribution in [0.15, 0.2) is 145 Å². The topological polar surface area (TPSA) is 79.6 Å².